The van der Waals surface area contributed by atoms with E-state index in [2.05, 4.69) is 5.32 Å². The van der Waals surface area contributed by atoms with E-state index in [0.717, 1.165) is 5.56 Å². The number of hydrogen-bond donors (Lipinski definition) is 1. The summed E-state index contributed by atoms with van der Waals surface area (Å²) in [4.78, 5) is 12.0. The third-order valence-electron chi connectivity index (χ3n) is 3.28. The first-order valence-corrected chi connectivity index (χ1v) is 7.31. The highest BCUT2D eigenvalue weighted by Crippen LogP contribution is 2.23. The van der Waals surface area contributed by atoms with Crippen molar-refractivity contribution in [3.63, 3.8) is 0 Å². The molecular formula is C17H13ClN2O3. The van der Waals surface area contributed by atoms with E-state index >= 15 is 0 Å². The van der Waals surface area contributed by atoms with E-state index in [1.165, 1.54) is 24.5 Å². The third-order valence-corrected chi connectivity index (χ3v) is 3.53. The van der Waals surface area contributed by atoms with Crippen molar-refractivity contribution in [2.45, 2.75) is 6.54 Å². The lowest BCUT2D eigenvalue weighted by atomic mass is 10.2. The summed E-state index contributed by atoms with van der Waals surface area (Å²) in [5.41, 5.74) is 1.33. The molecule has 116 valence electrons. The van der Waals surface area contributed by atoms with Gasteiger partial charge in [-0.1, -0.05) is 11.6 Å². The Morgan fingerprint density at radius 2 is 1.78 bits per heavy atom. The largest absolute Gasteiger partial charge is 0.619 e. The Balaban J connectivity index is 1.64. The second-order valence-electron chi connectivity index (χ2n) is 4.90. The van der Waals surface area contributed by atoms with Gasteiger partial charge in [-0.25, -0.2) is 0 Å². The van der Waals surface area contributed by atoms with Gasteiger partial charge in [0.1, 0.15) is 11.5 Å². The molecule has 1 aromatic carbocycles. The standard InChI is InChI=1S/C17H13ClN2O3/c18-14-3-1-12(2-4-14)16-6-5-15(23-16)11-19-17(21)13-7-9-20(22)10-8-13/h1-10H,11H2,(H,19,21). The number of pyridine rings is 1. The Morgan fingerprint density at radius 1 is 1.09 bits per heavy atom. The van der Waals surface area contributed by atoms with Crippen LogP contribution >= 0.6 is 11.6 Å². The third kappa shape index (κ3) is 3.70. The molecule has 0 aliphatic heterocycles. The van der Waals surface area contributed by atoms with Gasteiger partial charge in [-0.3, -0.25) is 4.79 Å². The maximum absolute atomic E-state index is 12.0. The van der Waals surface area contributed by atoms with Crippen LogP contribution < -0.4 is 10.0 Å². The van der Waals surface area contributed by atoms with Crippen LogP contribution in [0.5, 0.6) is 0 Å². The number of hydrogen-bond acceptors (Lipinski definition) is 3. The Labute approximate surface area is 137 Å². The molecule has 3 rings (SSSR count). The van der Waals surface area contributed by atoms with Crippen molar-refractivity contribution in [1.29, 1.82) is 0 Å². The van der Waals surface area contributed by atoms with Gasteiger partial charge in [0.25, 0.3) is 5.91 Å². The molecule has 1 N–H and O–H groups in total. The number of rotatable bonds is 4. The smallest absolute Gasteiger partial charge is 0.252 e. The molecule has 0 bridgehead atoms. The van der Waals surface area contributed by atoms with Crippen molar-refractivity contribution in [2.75, 3.05) is 0 Å². The zero-order valence-electron chi connectivity index (χ0n) is 12.0. The van der Waals surface area contributed by atoms with Crippen LogP contribution in [0.3, 0.4) is 0 Å². The Kier molecular flexibility index (Phi) is 4.30. The van der Waals surface area contributed by atoms with Gasteiger partial charge in [0, 0.05) is 22.7 Å². The molecule has 0 aliphatic carbocycles. The fourth-order valence-electron chi connectivity index (χ4n) is 2.08. The van der Waals surface area contributed by atoms with Crippen LogP contribution in [0.2, 0.25) is 5.02 Å². The van der Waals surface area contributed by atoms with Crippen LogP contribution in [0.25, 0.3) is 11.3 Å². The predicted octanol–water partition coefficient (Wildman–Crippen LogP) is 3.16. The number of nitrogens with one attached hydrogen (secondary N) is 1. The van der Waals surface area contributed by atoms with Crippen LogP contribution in [0.1, 0.15) is 16.1 Å². The second-order valence-corrected chi connectivity index (χ2v) is 5.34. The quantitative estimate of drug-likeness (QED) is 0.591. The van der Waals surface area contributed by atoms with Gasteiger partial charge in [-0.15, -0.1) is 0 Å². The Bertz CT molecular complexity index is 811. The van der Waals surface area contributed by atoms with E-state index in [9.17, 15) is 10.0 Å². The van der Waals surface area contributed by atoms with Crippen LogP contribution in [0, 0.1) is 5.21 Å². The molecule has 5 nitrogen and oxygen atoms in total. The summed E-state index contributed by atoms with van der Waals surface area (Å²) < 4.78 is 6.33. The van der Waals surface area contributed by atoms with Crippen LogP contribution in [0.4, 0.5) is 0 Å². The molecule has 0 unspecified atom stereocenters. The molecule has 2 aromatic heterocycles. The van der Waals surface area contributed by atoms with Gasteiger partial charge >= 0.3 is 0 Å². The molecule has 0 saturated heterocycles. The average Bonchev–Trinajstić information content (AvgIpc) is 3.03. The van der Waals surface area contributed by atoms with E-state index in [1.807, 2.05) is 18.2 Å². The number of carbonyl (C=O) groups is 1. The summed E-state index contributed by atoms with van der Waals surface area (Å²) in [6, 6.07) is 13.9. The normalized spacial score (nSPS) is 10.5. The summed E-state index contributed by atoms with van der Waals surface area (Å²) in [6.07, 6.45) is 2.56. The molecule has 1 amide bonds. The topological polar surface area (TPSA) is 69.2 Å². The lowest BCUT2D eigenvalue weighted by molar-refractivity contribution is -0.605. The molecular weight excluding hydrogens is 316 g/mol. The lowest BCUT2D eigenvalue weighted by Crippen LogP contribution is -2.27. The highest BCUT2D eigenvalue weighted by atomic mass is 35.5. The first-order valence-electron chi connectivity index (χ1n) is 6.93. The van der Waals surface area contributed by atoms with Gasteiger partial charge in [0.15, 0.2) is 12.4 Å². The number of aromatic nitrogens is 1. The molecule has 0 spiro atoms. The molecule has 23 heavy (non-hydrogen) atoms. The number of halogens is 1. The summed E-state index contributed by atoms with van der Waals surface area (Å²) in [7, 11) is 0. The minimum Gasteiger partial charge on any atom is -0.619 e. The zero-order chi connectivity index (χ0) is 16.2. The van der Waals surface area contributed by atoms with E-state index in [1.54, 1.807) is 18.2 Å². The predicted molar refractivity (Wildman–Crippen MR) is 85.7 cm³/mol. The van der Waals surface area contributed by atoms with Gasteiger partial charge in [0.05, 0.1) is 12.1 Å². The summed E-state index contributed by atoms with van der Waals surface area (Å²) in [5, 5.41) is 14.3. The van der Waals surface area contributed by atoms with E-state index in [0.29, 0.717) is 26.8 Å². The van der Waals surface area contributed by atoms with Gasteiger partial charge in [-0.2, -0.15) is 4.73 Å². The Morgan fingerprint density at radius 3 is 2.48 bits per heavy atom. The highest BCUT2D eigenvalue weighted by Gasteiger charge is 2.09. The van der Waals surface area contributed by atoms with Gasteiger partial charge in [0.2, 0.25) is 0 Å². The number of benzene rings is 1. The maximum Gasteiger partial charge on any atom is 0.252 e. The van der Waals surface area contributed by atoms with Gasteiger partial charge in [-0.05, 0) is 36.4 Å². The number of amides is 1. The maximum atomic E-state index is 12.0. The zero-order valence-corrected chi connectivity index (χ0v) is 12.8. The molecule has 2 heterocycles. The van der Waals surface area contributed by atoms with Crippen molar-refractivity contribution < 1.29 is 13.9 Å². The molecule has 0 fully saturated rings. The fraction of sp³-hybridized carbons (Fsp3) is 0.0588. The lowest BCUT2D eigenvalue weighted by Gasteiger charge is -2.03. The minimum absolute atomic E-state index is 0.263. The van der Waals surface area contributed by atoms with Crippen molar-refractivity contribution in [1.82, 2.24) is 5.32 Å². The van der Waals surface area contributed by atoms with E-state index in [4.69, 9.17) is 16.0 Å². The van der Waals surface area contributed by atoms with Crippen molar-refractivity contribution >= 4 is 17.5 Å². The highest BCUT2D eigenvalue weighted by molar-refractivity contribution is 6.30. The van der Waals surface area contributed by atoms with Crippen molar-refractivity contribution in [3.8, 4) is 11.3 Å². The average molecular weight is 329 g/mol. The number of carbonyl (C=O) groups excluding carboxylic acids is 1. The number of furan rings is 1. The molecule has 0 radical (unpaired) electrons. The molecule has 0 aliphatic rings. The number of nitrogens with zero attached hydrogens (tertiary/aromatic N) is 1. The van der Waals surface area contributed by atoms with Gasteiger partial charge < -0.3 is 14.9 Å². The van der Waals surface area contributed by atoms with Crippen molar-refractivity contribution in [3.05, 3.63) is 82.5 Å². The summed E-state index contributed by atoms with van der Waals surface area (Å²) in [5.74, 6) is 1.08. The van der Waals surface area contributed by atoms with Crippen LogP contribution in [0.15, 0.2) is 65.3 Å². The molecule has 6 heteroatoms. The van der Waals surface area contributed by atoms with Crippen molar-refractivity contribution in [2.24, 2.45) is 0 Å². The summed E-state index contributed by atoms with van der Waals surface area (Å²) in [6.45, 7) is 0.263. The molecule has 3 aromatic rings. The fourth-order valence-corrected chi connectivity index (χ4v) is 2.20. The first-order chi connectivity index (χ1) is 11.1. The van der Waals surface area contributed by atoms with E-state index in [-0.39, 0.29) is 12.5 Å². The first kappa shape index (κ1) is 15.1. The Hall–Kier alpha value is -2.79. The van der Waals surface area contributed by atoms with E-state index < -0.39 is 0 Å². The molecule has 0 atom stereocenters. The second kappa shape index (κ2) is 6.54. The monoisotopic (exact) mass is 328 g/mol. The SMILES string of the molecule is O=C(NCc1ccc(-c2ccc(Cl)cc2)o1)c1cc[n+]([O-])cc1. The summed E-state index contributed by atoms with van der Waals surface area (Å²) >= 11 is 5.86. The minimum atomic E-state index is -0.268. The van der Waals surface area contributed by atoms with Crippen LogP contribution in [-0.2, 0) is 6.54 Å². The van der Waals surface area contributed by atoms with Crippen LogP contribution in [-0.4, -0.2) is 5.91 Å². The molecule has 0 saturated carbocycles.